The average Bonchev–Trinajstić information content (AvgIpc) is 2.23. The zero-order valence-corrected chi connectivity index (χ0v) is 9.06. The fourth-order valence-electron chi connectivity index (χ4n) is 1.74. The van der Waals surface area contributed by atoms with Crippen molar-refractivity contribution in [3.8, 4) is 0 Å². The van der Waals surface area contributed by atoms with Crippen LogP contribution in [0.3, 0.4) is 0 Å². The Bertz CT molecular complexity index is 521. The predicted octanol–water partition coefficient (Wildman–Crippen LogP) is 3.03. The number of rotatable bonds is 1. The first-order chi connectivity index (χ1) is 7.13. The molecule has 0 amide bonds. The van der Waals surface area contributed by atoms with E-state index in [0.29, 0.717) is 5.56 Å². The second kappa shape index (κ2) is 3.50. The number of aromatic nitrogens is 1. The Morgan fingerprint density at radius 3 is 2.67 bits per heavy atom. The van der Waals surface area contributed by atoms with Gasteiger partial charge >= 0.3 is 0 Å². The Balaban J connectivity index is 2.89. The van der Waals surface area contributed by atoms with Crippen LogP contribution < -0.4 is 5.32 Å². The molecule has 1 heterocycles. The molecule has 0 spiro atoms. The van der Waals surface area contributed by atoms with E-state index >= 15 is 0 Å². The largest absolute Gasteiger partial charge is 0.388 e. The van der Waals surface area contributed by atoms with E-state index in [-0.39, 0.29) is 5.82 Å². The molecule has 0 atom stereocenters. The number of aryl methyl sites for hydroxylation is 2. The number of halogens is 1. The van der Waals surface area contributed by atoms with Crippen molar-refractivity contribution < 1.29 is 4.39 Å². The van der Waals surface area contributed by atoms with Gasteiger partial charge in [0.1, 0.15) is 5.82 Å². The van der Waals surface area contributed by atoms with Gasteiger partial charge < -0.3 is 5.32 Å². The summed E-state index contributed by atoms with van der Waals surface area (Å²) in [6, 6.07) is 5.20. The maximum absolute atomic E-state index is 13.4. The monoisotopic (exact) mass is 204 g/mol. The van der Waals surface area contributed by atoms with Gasteiger partial charge in [-0.1, -0.05) is 0 Å². The van der Waals surface area contributed by atoms with Crippen LogP contribution in [0.4, 0.5) is 10.1 Å². The number of hydrogen-bond acceptors (Lipinski definition) is 2. The highest BCUT2D eigenvalue weighted by molar-refractivity contribution is 5.93. The van der Waals surface area contributed by atoms with E-state index < -0.39 is 0 Å². The minimum absolute atomic E-state index is 0.206. The maximum atomic E-state index is 13.4. The molecule has 0 aliphatic rings. The van der Waals surface area contributed by atoms with Crippen LogP contribution in [0.25, 0.3) is 10.9 Å². The fourth-order valence-corrected chi connectivity index (χ4v) is 1.74. The van der Waals surface area contributed by atoms with Gasteiger partial charge in [0.25, 0.3) is 0 Å². The second-order valence-electron chi connectivity index (χ2n) is 3.63. The second-order valence-corrected chi connectivity index (χ2v) is 3.63. The van der Waals surface area contributed by atoms with Crippen LogP contribution >= 0.6 is 0 Å². The smallest absolute Gasteiger partial charge is 0.128 e. The molecule has 0 saturated carbocycles. The van der Waals surface area contributed by atoms with Crippen LogP contribution in [0, 0.1) is 19.7 Å². The lowest BCUT2D eigenvalue weighted by atomic mass is 10.1. The van der Waals surface area contributed by atoms with Gasteiger partial charge in [-0.25, -0.2) is 4.39 Å². The van der Waals surface area contributed by atoms with Crippen LogP contribution in [0.15, 0.2) is 18.2 Å². The number of nitrogens with zero attached hydrogens (tertiary/aromatic N) is 1. The van der Waals surface area contributed by atoms with E-state index in [9.17, 15) is 4.39 Å². The third kappa shape index (κ3) is 1.54. The Morgan fingerprint density at radius 2 is 2.00 bits per heavy atom. The molecule has 0 aliphatic carbocycles. The van der Waals surface area contributed by atoms with Crippen molar-refractivity contribution in [3.63, 3.8) is 0 Å². The number of hydrogen-bond donors (Lipinski definition) is 1. The SMILES string of the molecule is CNc1cc(C)nc2c(C)c(F)ccc12. The molecule has 3 heteroatoms. The summed E-state index contributed by atoms with van der Waals surface area (Å²) in [6.07, 6.45) is 0. The topological polar surface area (TPSA) is 24.9 Å². The molecule has 0 saturated heterocycles. The molecule has 2 rings (SSSR count). The molecule has 1 N–H and O–H groups in total. The quantitative estimate of drug-likeness (QED) is 0.772. The highest BCUT2D eigenvalue weighted by Gasteiger charge is 2.08. The molecule has 2 nitrogen and oxygen atoms in total. The Hall–Kier alpha value is -1.64. The molecule has 78 valence electrons. The molecule has 1 aromatic heterocycles. The van der Waals surface area contributed by atoms with E-state index in [4.69, 9.17) is 0 Å². The van der Waals surface area contributed by atoms with Gasteiger partial charge in [-0.3, -0.25) is 4.98 Å². The van der Waals surface area contributed by atoms with Gasteiger partial charge in [0.05, 0.1) is 5.52 Å². The molecule has 1 aromatic carbocycles. The van der Waals surface area contributed by atoms with E-state index in [0.717, 1.165) is 22.3 Å². The molecule has 0 radical (unpaired) electrons. The maximum Gasteiger partial charge on any atom is 0.128 e. The van der Waals surface area contributed by atoms with Gasteiger partial charge in [0.2, 0.25) is 0 Å². The molecular formula is C12H13FN2. The molecule has 2 aromatic rings. The first-order valence-electron chi connectivity index (χ1n) is 4.87. The fraction of sp³-hybridized carbons (Fsp3) is 0.250. The van der Waals surface area contributed by atoms with E-state index in [2.05, 4.69) is 10.3 Å². The van der Waals surface area contributed by atoms with Gasteiger partial charge in [-0.05, 0) is 32.0 Å². The minimum atomic E-state index is -0.206. The minimum Gasteiger partial charge on any atom is -0.388 e. The lowest BCUT2D eigenvalue weighted by Gasteiger charge is -2.09. The molecular weight excluding hydrogens is 191 g/mol. The van der Waals surface area contributed by atoms with Gasteiger partial charge in [0, 0.05) is 29.4 Å². The van der Waals surface area contributed by atoms with Gasteiger partial charge in [-0.15, -0.1) is 0 Å². The summed E-state index contributed by atoms with van der Waals surface area (Å²) in [5, 5.41) is 4.06. The molecule has 15 heavy (non-hydrogen) atoms. The highest BCUT2D eigenvalue weighted by atomic mass is 19.1. The predicted molar refractivity (Wildman–Crippen MR) is 60.7 cm³/mol. The molecule has 0 bridgehead atoms. The zero-order valence-electron chi connectivity index (χ0n) is 9.06. The van der Waals surface area contributed by atoms with Crippen molar-refractivity contribution in [3.05, 3.63) is 35.3 Å². The summed E-state index contributed by atoms with van der Waals surface area (Å²) in [6.45, 7) is 3.66. The van der Waals surface area contributed by atoms with Crippen LogP contribution in [0.1, 0.15) is 11.3 Å². The van der Waals surface area contributed by atoms with Crippen molar-refractivity contribution in [1.82, 2.24) is 4.98 Å². The zero-order chi connectivity index (χ0) is 11.0. The van der Waals surface area contributed by atoms with E-state index in [1.165, 1.54) is 6.07 Å². The number of anilines is 1. The lowest BCUT2D eigenvalue weighted by molar-refractivity contribution is 0.620. The standard InChI is InChI=1S/C12H13FN2/c1-7-6-11(14-3)9-4-5-10(13)8(2)12(9)15-7/h4-6H,1-3H3,(H,14,15). The number of fused-ring (bicyclic) bond motifs is 1. The number of pyridine rings is 1. The van der Waals surface area contributed by atoms with Crippen molar-refractivity contribution in [2.45, 2.75) is 13.8 Å². The summed E-state index contributed by atoms with van der Waals surface area (Å²) in [4.78, 5) is 4.36. The molecule has 0 unspecified atom stereocenters. The first kappa shape index (κ1) is 9.90. The Kier molecular flexibility index (Phi) is 2.31. The summed E-state index contributed by atoms with van der Waals surface area (Å²) < 4.78 is 13.4. The van der Waals surface area contributed by atoms with Gasteiger partial charge in [0.15, 0.2) is 0 Å². The van der Waals surface area contributed by atoms with Crippen molar-refractivity contribution in [1.29, 1.82) is 0 Å². The Labute approximate surface area is 88.1 Å². The average molecular weight is 204 g/mol. The number of benzene rings is 1. The summed E-state index contributed by atoms with van der Waals surface area (Å²) in [7, 11) is 1.85. The van der Waals surface area contributed by atoms with Crippen LogP contribution in [0.2, 0.25) is 0 Å². The summed E-state index contributed by atoms with van der Waals surface area (Å²) in [5.74, 6) is -0.206. The third-order valence-corrected chi connectivity index (χ3v) is 2.57. The normalized spacial score (nSPS) is 10.7. The van der Waals surface area contributed by atoms with Crippen molar-refractivity contribution in [2.24, 2.45) is 0 Å². The third-order valence-electron chi connectivity index (χ3n) is 2.57. The van der Waals surface area contributed by atoms with Gasteiger partial charge in [-0.2, -0.15) is 0 Å². The molecule has 0 aliphatic heterocycles. The van der Waals surface area contributed by atoms with Crippen LogP contribution in [-0.2, 0) is 0 Å². The Morgan fingerprint density at radius 1 is 1.27 bits per heavy atom. The highest BCUT2D eigenvalue weighted by Crippen LogP contribution is 2.26. The summed E-state index contributed by atoms with van der Waals surface area (Å²) in [5.41, 5.74) is 3.22. The van der Waals surface area contributed by atoms with Crippen molar-refractivity contribution in [2.75, 3.05) is 12.4 Å². The summed E-state index contributed by atoms with van der Waals surface area (Å²) >= 11 is 0. The van der Waals surface area contributed by atoms with Crippen LogP contribution in [0.5, 0.6) is 0 Å². The lowest BCUT2D eigenvalue weighted by Crippen LogP contribution is -1.96. The first-order valence-corrected chi connectivity index (χ1v) is 4.87. The molecule has 0 fully saturated rings. The van der Waals surface area contributed by atoms with Crippen molar-refractivity contribution >= 4 is 16.6 Å². The number of nitrogens with one attached hydrogen (secondary N) is 1. The van der Waals surface area contributed by atoms with E-state index in [1.807, 2.05) is 20.0 Å². The van der Waals surface area contributed by atoms with E-state index in [1.54, 1.807) is 13.0 Å². The van der Waals surface area contributed by atoms with Crippen LogP contribution in [-0.4, -0.2) is 12.0 Å².